The number of ketones is 1. The van der Waals surface area contributed by atoms with Crippen molar-refractivity contribution >= 4 is 16.8 Å². The third-order valence-corrected chi connectivity index (χ3v) is 10.6. The predicted octanol–water partition coefficient (Wildman–Crippen LogP) is 5.12. The van der Waals surface area contributed by atoms with Gasteiger partial charge in [-0.05, 0) is 106 Å². The average Bonchev–Trinajstić information content (AvgIpc) is 3.38. The van der Waals surface area contributed by atoms with E-state index in [-0.39, 0.29) is 35.5 Å². The van der Waals surface area contributed by atoms with Gasteiger partial charge in [-0.15, -0.1) is 0 Å². The first-order valence-electron chi connectivity index (χ1n) is 13.5. The molecule has 0 aliphatic heterocycles. The number of rotatable bonds is 4. The topological polar surface area (TPSA) is 77.2 Å². The van der Waals surface area contributed by atoms with Crippen LogP contribution in [0.15, 0.2) is 18.2 Å². The summed E-state index contributed by atoms with van der Waals surface area (Å²) in [6.45, 7) is 4.35. The zero-order valence-corrected chi connectivity index (χ0v) is 21.2. The van der Waals surface area contributed by atoms with Gasteiger partial charge in [0, 0.05) is 12.0 Å². The molecule has 6 nitrogen and oxygen atoms in total. The van der Waals surface area contributed by atoms with E-state index in [9.17, 15) is 9.90 Å². The summed E-state index contributed by atoms with van der Waals surface area (Å²) in [5.74, 6) is 1.73. The van der Waals surface area contributed by atoms with Crippen LogP contribution in [0.2, 0.25) is 0 Å². The van der Waals surface area contributed by atoms with Crippen LogP contribution in [0.25, 0.3) is 11.0 Å². The van der Waals surface area contributed by atoms with Gasteiger partial charge in [-0.1, -0.05) is 6.92 Å². The molecule has 0 bridgehead atoms. The Labute approximate surface area is 206 Å². The van der Waals surface area contributed by atoms with Crippen LogP contribution in [0.3, 0.4) is 0 Å². The lowest BCUT2D eigenvalue weighted by molar-refractivity contribution is -0.166. The number of nitrogens with zero attached hydrogens (tertiary/aromatic N) is 3. The number of carbonyl (C=O) groups excluding carboxylic acids is 1. The van der Waals surface area contributed by atoms with Gasteiger partial charge in [0.2, 0.25) is 0 Å². The molecule has 0 unspecified atom stereocenters. The molecule has 1 aromatic carbocycles. The van der Waals surface area contributed by atoms with Crippen molar-refractivity contribution in [3.05, 3.63) is 18.2 Å². The second kappa shape index (κ2) is 7.99. The maximum absolute atomic E-state index is 16.6. The minimum Gasteiger partial charge on any atom is -0.497 e. The van der Waals surface area contributed by atoms with E-state index in [4.69, 9.17) is 4.74 Å². The zero-order chi connectivity index (χ0) is 24.6. The number of benzene rings is 1. The second-order valence-corrected chi connectivity index (χ2v) is 12.5. The molecule has 0 spiro atoms. The standard InChI is InChI=1S/C28H38FN3O3/c1-26(34)12-13-28(29)17(15-26)4-6-19-20-7-8-22(27(20,2)11-10-21(19)28)25(33)16-32-30-23-9-5-18(35-3)14-24(23)31-32/h5,9,14,17,19-22,34H,4,6-8,10-13,15-16H2,1-3H3/t17-,19+,20+,21+,22-,26-,27+,28-/m1/s1. The molecule has 35 heavy (non-hydrogen) atoms. The number of fused-ring (bicyclic) bond motifs is 6. The maximum atomic E-state index is 16.6. The quantitative estimate of drug-likeness (QED) is 0.653. The Kier molecular flexibility index (Phi) is 5.34. The van der Waals surface area contributed by atoms with Gasteiger partial charge in [-0.3, -0.25) is 4.79 Å². The van der Waals surface area contributed by atoms with Crippen molar-refractivity contribution < 1.29 is 19.0 Å². The van der Waals surface area contributed by atoms with Gasteiger partial charge in [0.1, 0.15) is 29.0 Å². The zero-order valence-electron chi connectivity index (χ0n) is 21.2. The molecule has 4 saturated carbocycles. The fraction of sp³-hybridized carbons (Fsp3) is 0.750. The Bertz CT molecular complexity index is 1150. The van der Waals surface area contributed by atoms with Crippen LogP contribution in [0.5, 0.6) is 5.75 Å². The van der Waals surface area contributed by atoms with Gasteiger partial charge in [-0.2, -0.15) is 15.0 Å². The van der Waals surface area contributed by atoms with E-state index >= 15 is 4.39 Å². The highest BCUT2D eigenvalue weighted by Crippen LogP contribution is 2.66. The molecule has 1 N–H and O–H groups in total. The van der Waals surface area contributed by atoms with Crippen molar-refractivity contribution in [2.75, 3.05) is 7.11 Å². The minimum atomic E-state index is -1.14. The molecule has 7 heteroatoms. The lowest BCUT2D eigenvalue weighted by Gasteiger charge is -2.59. The third-order valence-electron chi connectivity index (χ3n) is 10.6. The van der Waals surface area contributed by atoms with Crippen LogP contribution in [-0.2, 0) is 11.3 Å². The van der Waals surface area contributed by atoms with Gasteiger partial charge in [0.05, 0.1) is 12.7 Å². The molecule has 4 aliphatic rings. The number of halogens is 1. The fourth-order valence-electron chi connectivity index (χ4n) is 8.89. The number of alkyl halides is 1. The third kappa shape index (κ3) is 3.63. The summed E-state index contributed by atoms with van der Waals surface area (Å²) in [7, 11) is 1.62. The Morgan fingerprint density at radius 3 is 2.69 bits per heavy atom. The highest BCUT2D eigenvalue weighted by atomic mass is 19.1. The van der Waals surface area contributed by atoms with Gasteiger partial charge >= 0.3 is 0 Å². The number of methoxy groups -OCH3 is 1. The lowest BCUT2D eigenvalue weighted by atomic mass is 9.48. The Morgan fingerprint density at radius 1 is 1.09 bits per heavy atom. The van der Waals surface area contributed by atoms with Crippen molar-refractivity contribution in [2.45, 2.75) is 89.4 Å². The second-order valence-electron chi connectivity index (χ2n) is 12.5. The number of carbonyl (C=O) groups is 1. The van der Waals surface area contributed by atoms with E-state index in [2.05, 4.69) is 17.1 Å². The molecular weight excluding hydrogens is 445 g/mol. The average molecular weight is 484 g/mol. The van der Waals surface area contributed by atoms with Crippen LogP contribution < -0.4 is 4.74 Å². The van der Waals surface area contributed by atoms with E-state index in [1.165, 1.54) is 4.80 Å². The van der Waals surface area contributed by atoms with Crippen molar-refractivity contribution in [1.82, 2.24) is 15.0 Å². The monoisotopic (exact) mass is 483 g/mol. The molecule has 8 atom stereocenters. The van der Waals surface area contributed by atoms with Crippen LogP contribution in [0, 0.1) is 35.0 Å². The van der Waals surface area contributed by atoms with Crippen molar-refractivity contribution in [3.8, 4) is 5.75 Å². The van der Waals surface area contributed by atoms with Crippen molar-refractivity contribution in [2.24, 2.45) is 35.0 Å². The summed E-state index contributed by atoms with van der Waals surface area (Å²) in [5, 5.41) is 19.6. The number of hydrogen-bond donors (Lipinski definition) is 1. The molecule has 0 radical (unpaired) electrons. The number of Topliss-reactive ketones (excluding diaryl/α,β-unsaturated/α-hetero) is 1. The van der Waals surface area contributed by atoms with Crippen molar-refractivity contribution in [1.29, 1.82) is 0 Å². The van der Waals surface area contributed by atoms with E-state index in [0.29, 0.717) is 31.1 Å². The molecule has 2 aromatic rings. The Hall–Kier alpha value is -2.02. The summed E-state index contributed by atoms with van der Waals surface area (Å²) in [4.78, 5) is 15.1. The smallest absolute Gasteiger partial charge is 0.159 e. The predicted molar refractivity (Wildman–Crippen MR) is 131 cm³/mol. The van der Waals surface area contributed by atoms with Gasteiger partial charge in [0.25, 0.3) is 0 Å². The number of aliphatic hydroxyl groups is 1. The maximum Gasteiger partial charge on any atom is 0.159 e. The minimum absolute atomic E-state index is 0.0162. The molecule has 0 saturated heterocycles. The van der Waals surface area contributed by atoms with Crippen LogP contribution in [0.4, 0.5) is 4.39 Å². The molecule has 1 aromatic heterocycles. The number of aromatic nitrogens is 3. The molecule has 190 valence electrons. The Balaban J connectivity index is 1.19. The highest BCUT2D eigenvalue weighted by molar-refractivity contribution is 5.82. The lowest BCUT2D eigenvalue weighted by Crippen LogP contribution is -2.58. The number of hydrogen-bond acceptors (Lipinski definition) is 5. The van der Waals surface area contributed by atoms with Crippen molar-refractivity contribution in [3.63, 3.8) is 0 Å². The Morgan fingerprint density at radius 2 is 1.89 bits per heavy atom. The van der Waals surface area contributed by atoms with Gasteiger partial charge in [0.15, 0.2) is 5.78 Å². The van der Waals surface area contributed by atoms with Crippen LogP contribution >= 0.6 is 0 Å². The first kappa shape index (κ1) is 23.4. The molecule has 6 rings (SSSR count). The fourth-order valence-corrected chi connectivity index (χ4v) is 8.89. The first-order valence-corrected chi connectivity index (χ1v) is 13.5. The summed E-state index contributed by atoms with van der Waals surface area (Å²) in [6, 6.07) is 5.55. The summed E-state index contributed by atoms with van der Waals surface area (Å²) >= 11 is 0. The largest absolute Gasteiger partial charge is 0.497 e. The van der Waals surface area contributed by atoms with E-state index in [1.807, 2.05) is 25.1 Å². The van der Waals surface area contributed by atoms with E-state index in [1.54, 1.807) is 7.11 Å². The molecule has 4 aliphatic carbocycles. The first-order chi connectivity index (χ1) is 16.6. The molecule has 4 fully saturated rings. The highest BCUT2D eigenvalue weighted by Gasteiger charge is 2.63. The SMILES string of the molecule is COc1ccc2nn(CC(=O)[C@H]3CC[C@H]4[C@@H]5CC[C@@H]6C[C@](C)(O)CC[C@]6(F)[C@H]5CC[C@]34C)nc2c1. The summed E-state index contributed by atoms with van der Waals surface area (Å²) in [6.07, 6.45) is 7.21. The normalized spacial score (nSPS) is 42.8. The summed E-state index contributed by atoms with van der Waals surface area (Å²) < 4.78 is 21.8. The van der Waals surface area contributed by atoms with Crippen LogP contribution in [0.1, 0.15) is 71.6 Å². The molecule has 0 amide bonds. The van der Waals surface area contributed by atoms with E-state index < -0.39 is 11.3 Å². The number of ether oxygens (including phenoxy) is 1. The van der Waals surface area contributed by atoms with Crippen LogP contribution in [-0.4, -0.2) is 44.3 Å². The van der Waals surface area contributed by atoms with E-state index in [0.717, 1.165) is 55.3 Å². The van der Waals surface area contributed by atoms with Gasteiger partial charge < -0.3 is 9.84 Å². The summed E-state index contributed by atoms with van der Waals surface area (Å²) in [5.41, 5.74) is -0.459. The molecular formula is C28H38FN3O3. The molecule has 1 heterocycles. The van der Waals surface area contributed by atoms with Gasteiger partial charge in [-0.25, -0.2) is 4.39 Å².